The summed E-state index contributed by atoms with van der Waals surface area (Å²) >= 11 is 2.49. The lowest BCUT2D eigenvalue weighted by Gasteiger charge is -2.12. The first-order valence-corrected chi connectivity index (χ1v) is 7.47. The van der Waals surface area contributed by atoms with Gasteiger partial charge in [0.25, 0.3) is 5.91 Å². The maximum Gasteiger partial charge on any atom is 0.271 e. The number of carbonyl (C=O) groups excluding carboxylic acids is 1. The summed E-state index contributed by atoms with van der Waals surface area (Å²) in [5.41, 5.74) is 0.643. The van der Waals surface area contributed by atoms with E-state index >= 15 is 0 Å². The third kappa shape index (κ3) is 3.13. The summed E-state index contributed by atoms with van der Waals surface area (Å²) in [6.07, 6.45) is 0.683. The third-order valence-electron chi connectivity index (χ3n) is 2.38. The van der Waals surface area contributed by atoms with Crippen LogP contribution in [0.4, 0.5) is 5.13 Å². The Labute approximate surface area is 119 Å². The number of hydrogen-bond acceptors (Lipinski definition) is 7. The van der Waals surface area contributed by atoms with Crippen molar-refractivity contribution in [3.05, 3.63) is 15.6 Å². The Balaban J connectivity index is 2.14. The van der Waals surface area contributed by atoms with E-state index in [0.29, 0.717) is 22.1 Å². The number of anilines is 1. The zero-order chi connectivity index (χ0) is 14.0. The molecule has 2 heterocycles. The van der Waals surface area contributed by atoms with Crippen LogP contribution in [0, 0.1) is 0 Å². The minimum absolute atomic E-state index is 0.0682. The zero-order valence-corrected chi connectivity index (χ0v) is 12.9. The van der Waals surface area contributed by atoms with E-state index in [-0.39, 0.29) is 11.3 Å². The number of carbonyl (C=O) groups is 1. The average molecular weight is 297 g/mol. The van der Waals surface area contributed by atoms with Gasteiger partial charge < -0.3 is 0 Å². The Morgan fingerprint density at radius 3 is 2.58 bits per heavy atom. The van der Waals surface area contributed by atoms with Gasteiger partial charge in [-0.2, -0.15) is 0 Å². The lowest BCUT2D eigenvalue weighted by molar-refractivity contribution is 0.102. The fourth-order valence-electron chi connectivity index (χ4n) is 1.34. The summed E-state index contributed by atoms with van der Waals surface area (Å²) in [4.78, 5) is 12.6. The Hall–Kier alpha value is -1.41. The van der Waals surface area contributed by atoms with Gasteiger partial charge in [-0.25, -0.2) is 0 Å². The Morgan fingerprint density at radius 1 is 1.26 bits per heavy atom. The number of nitrogens with one attached hydrogen (secondary N) is 1. The predicted molar refractivity (Wildman–Crippen MR) is 75.8 cm³/mol. The molecule has 1 N–H and O–H groups in total. The normalized spacial score (nSPS) is 11.6. The fourth-order valence-corrected chi connectivity index (χ4v) is 2.78. The van der Waals surface area contributed by atoms with Gasteiger partial charge in [0.05, 0.1) is 5.69 Å². The number of nitrogens with zero attached hydrogens (tertiary/aromatic N) is 4. The van der Waals surface area contributed by atoms with Gasteiger partial charge in [0.15, 0.2) is 0 Å². The maximum absolute atomic E-state index is 12.1. The minimum Gasteiger partial charge on any atom is -0.296 e. The van der Waals surface area contributed by atoms with E-state index < -0.39 is 0 Å². The van der Waals surface area contributed by atoms with Gasteiger partial charge in [-0.15, -0.1) is 15.3 Å². The van der Waals surface area contributed by atoms with E-state index in [1.165, 1.54) is 11.3 Å². The number of hydrogen-bond donors (Lipinski definition) is 1. The predicted octanol–water partition coefficient (Wildman–Crippen LogP) is 2.50. The molecule has 0 fully saturated rings. The topological polar surface area (TPSA) is 80.7 Å². The second kappa shape index (κ2) is 5.30. The molecule has 0 radical (unpaired) electrons. The molecule has 8 heteroatoms. The molecule has 0 saturated heterocycles. The van der Waals surface area contributed by atoms with Crippen molar-refractivity contribution in [2.45, 2.75) is 39.5 Å². The van der Waals surface area contributed by atoms with Crippen molar-refractivity contribution in [3.8, 4) is 0 Å². The van der Waals surface area contributed by atoms with E-state index in [2.05, 4.69) is 45.9 Å². The first kappa shape index (κ1) is 14.0. The molecule has 1 amide bonds. The third-order valence-corrected chi connectivity index (χ3v) is 4.42. The molecule has 6 nitrogen and oxygen atoms in total. The van der Waals surface area contributed by atoms with Crippen molar-refractivity contribution in [2.24, 2.45) is 0 Å². The molecule has 2 aromatic rings. The van der Waals surface area contributed by atoms with Crippen LogP contribution in [0.2, 0.25) is 0 Å². The molecular weight excluding hydrogens is 282 g/mol. The maximum atomic E-state index is 12.1. The SMILES string of the molecule is CCc1nnsc1C(=O)Nc1nnc(C(C)(C)C)s1. The van der Waals surface area contributed by atoms with Crippen molar-refractivity contribution >= 4 is 33.9 Å². The van der Waals surface area contributed by atoms with Crippen molar-refractivity contribution in [1.82, 2.24) is 19.8 Å². The van der Waals surface area contributed by atoms with Gasteiger partial charge in [-0.05, 0) is 18.0 Å². The van der Waals surface area contributed by atoms with Crippen LogP contribution in [0.3, 0.4) is 0 Å². The highest BCUT2D eigenvalue weighted by atomic mass is 32.1. The summed E-state index contributed by atoms with van der Waals surface area (Å²) in [6, 6.07) is 0. The quantitative estimate of drug-likeness (QED) is 0.941. The molecule has 0 saturated carbocycles. The van der Waals surface area contributed by atoms with Crippen LogP contribution in [-0.2, 0) is 11.8 Å². The van der Waals surface area contributed by atoms with Crippen LogP contribution in [0.5, 0.6) is 0 Å². The molecule has 2 aromatic heterocycles. The highest BCUT2D eigenvalue weighted by Gasteiger charge is 2.21. The fraction of sp³-hybridized carbons (Fsp3) is 0.545. The molecule has 102 valence electrons. The van der Waals surface area contributed by atoms with Gasteiger partial charge >= 0.3 is 0 Å². The zero-order valence-electron chi connectivity index (χ0n) is 11.2. The van der Waals surface area contributed by atoms with Crippen molar-refractivity contribution < 1.29 is 4.79 Å². The summed E-state index contributed by atoms with van der Waals surface area (Å²) in [6.45, 7) is 8.11. The average Bonchev–Trinajstić information content (AvgIpc) is 2.95. The van der Waals surface area contributed by atoms with Crippen LogP contribution in [0.1, 0.15) is 48.1 Å². The summed E-state index contributed by atoms with van der Waals surface area (Å²) in [7, 11) is 0. The van der Waals surface area contributed by atoms with Crippen molar-refractivity contribution in [1.29, 1.82) is 0 Å². The van der Waals surface area contributed by atoms with Crippen molar-refractivity contribution in [3.63, 3.8) is 0 Å². The standard InChI is InChI=1S/C11H15N5OS2/c1-5-6-7(19-16-13-6)8(17)12-10-15-14-9(18-10)11(2,3)4/h5H2,1-4H3,(H,12,15,17). The first-order valence-electron chi connectivity index (χ1n) is 5.88. The summed E-state index contributed by atoms with van der Waals surface area (Å²) in [5, 5.41) is 16.1. The Bertz CT molecular complexity index is 584. The number of aromatic nitrogens is 4. The minimum atomic E-state index is -0.219. The molecular formula is C11H15N5OS2. The van der Waals surface area contributed by atoms with Gasteiger partial charge in [0.1, 0.15) is 9.88 Å². The van der Waals surface area contributed by atoms with E-state index in [1.807, 2.05) is 6.92 Å². The van der Waals surface area contributed by atoms with Crippen LogP contribution in [-0.4, -0.2) is 25.7 Å². The lowest BCUT2D eigenvalue weighted by Crippen LogP contribution is -2.12. The smallest absolute Gasteiger partial charge is 0.271 e. The molecule has 0 unspecified atom stereocenters. The molecule has 19 heavy (non-hydrogen) atoms. The van der Waals surface area contributed by atoms with E-state index in [4.69, 9.17) is 0 Å². The van der Waals surface area contributed by atoms with Crippen LogP contribution < -0.4 is 5.32 Å². The molecule has 0 spiro atoms. The molecule has 0 bridgehead atoms. The van der Waals surface area contributed by atoms with Gasteiger partial charge in [0, 0.05) is 5.41 Å². The second-order valence-corrected chi connectivity index (χ2v) is 6.75. The largest absolute Gasteiger partial charge is 0.296 e. The number of amides is 1. The van der Waals surface area contributed by atoms with Gasteiger partial charge in [0.2, 0.25) is 5.13 Å². The number of aryl methyl sites for hydroxylation is 1. The summed E-state index contributed by atoms with van der Waals surface area (Å²) < 4.78 is 3.80. The van der Waals surface area contributed by atoms with Crippen molar-refractivity contribution in [2.75, 3.05) is 5.32 Å². The first-order chi connectivity index (χ1) is 8.91. The molecule has 0 aliphatic carbocycles. The van der Waals surface area contributed by atoms with E-state index in [0.717, 1.165) is 16.5 Å². The van der Waals surface area contributed by atoms with Crippen LogP contribution in [0.15, 0.2) is 0 Å². The molecule has 0 aromatic carbocycles. The van der Waals surface area contributed by atoms with Gasteiger partial charge in [-0.3, -0.25) is 10.1 Å². The van der Waals surface area contributed by atoms with E-state index in [9.17, 15) is 4.79 Å². The monoisotopic (exact) mass is 297 g/mol. The molecule has 0 atom stereocenters. The van der Waals surface area contributed by atoms with Crippen LogP contribution >= 0.6 is 22.9 Å². The molecule has 2 rings (SSSR count). The molecule has 0 aliphatic heterocycles. The van der Waals surface area contributed by atoms with E-state index in [1.54, 1.807) is 0 Å². The van der Waals surface area contributed by atoms with Gasteiger partial charge in [-0.1, -0.05) is 43.5 Å². The highest BCUT2D eigenvalue weighted by molar-refractivity contribution is 7.15. The molecule has 0 aliphatic rings. The second-order valence-electron chi connectivity index (χ2n) is 5.02. The highest BCUT2D eigenvalue weighted by Crippen LogP contribution is 2.28. The number of rotatable bonds is 3. The Kier molecular flexibility index (Phi) is 3.91. The summed E-state index contributed by atoms with van der Waals surface area (Å²) in [5.74, 6) is -0.219. The Morgan fingerprint density at radius 2 is 2.00 bits per heavy atom. The lowest BCUT2D eigenvalue weighted by atomic mass is 9.98. The van der Waals surface area contributed by atoms with Crippen LogP contribution in [0.25, 0.3) is 0 Å².